The maximum absolute atomic E-state index is 12.7. The van der Waals surface area contributed by atoms with E-state index in [0.29, 0.717) is 28.0 Å². The van der Waals surface area contributed by atoms with E-state index in [1.54, 1.807) is 32.4 Å². The van der Waals surface area contributed by atoms with Gasteiger partial charge in [-0.3, -0.25) is 9.59 Å². The van der Waals surface area contributed by atoms with Gasteiger partial charge < -0.3 is 19.7 Å². The Hall–Kier alpha value is -3.90. The fraction of sp³-hybridized carbons (Fsp3) is 0.250. The normalized spacial score (nSPS) is 10.2. The monoisotopic (exact) mass is 464 g/mol. The number of amides is 2. The highest BCUT2D eigenvalue weighted by Gasteiger charge is 2.17. The number of carbonyl (C=O) groups excluding carboxylic acids is 2. The first-order valence-electron chi connectivity index (χ1n) is 10.3. The van der Waals surface area contributed by atoms with Crippen LogP contribution < -0.4 is 19.7 Å². The van der Waals surface area contributed by atoms with Crippen molar-refractivity contribution in [1.29, 1.82) is 5.26 Å². The summed E-state index contributed by atoms with van der Waals surface area (Å²) in [5.41, 5.74) is 2.23. The summed E-state index contributed by atoms with van der Waals surface area (Å²) in [5.74, 6) is 0.696. The molecular formula is C24H24N4O4S. The number of nitriles is 1. The molecule has 1 N–H and O–H groups in total. The van der Waals surface area contributed by atoms with E-state index in [2.05, 4.69) is 16.4 Å². The van der Waals surface area contributed by atoms with E-state index in [9.17, 15) is 9.59 Å². The average molecular weight is 465 g/mol. The Bertz CT molecular complexity index is 1140. The molecule has 0 unspecified atom stereocenters. The van der Waals surface area contributed by atoms with Gasteiger partial charge in [0.15, 0.2) is 16.6 Å². The second-order valence-corrected chi connectivity index (χ2v) is 7.80. The highest BCUT2D eigenvalue weighted by atomic mass is 32.1. The van der Waals surface area contributed by atoms with Crippen molar-refractivity contribution in [3.05, 3.63) is 53.9 Å². The van der Waals surface area contributed by atoms with E-state index in [-0.39, 0.29) is 37.6 Å². The fourth-order valence-corrected chi connectivity index (χ4v) is 3.90. The van der Waals surface area contributed by atoms with Crippen LogP contribution in [-0.2, 0) is 9.59 Å². The van der Waals surface area contributed by atoms with Gasteiger partial charge in [0.25, 0.3) is 0 Å². The van der Waals surface area contributed by atoms with Gasteiger partial charge in [0.2, 0.25) is 11.8 Å². The smallest absolute Gasteiger partial charge is 0.227 e. The number of ether oxygens (including phenoxy) is 2. The minimum atomic E-state index is -0.301. The number of aromatic nitrogens is 1. The molecule has 0 bridgehead atoms. The minimum absolute atomic E-state index is 0.0139. The third-order valence-corrected chi connectivity index (χ3v) is 5.57. The number of nitrogens with one attached hydrogen (secondary N) is 1. The summed E-state index contributed by atoms with van der Waals surface area (Å²) >= 11 is 1.30. The molecule has 2 amide bonds. The predicted molar refractivity (Wildman–Crippen MR) is 128 cm³/mol. The van der Waals surface area contributed by atoms with Crippen LogP contribution in [0.15, 0.2) is 53.9 Å². The van der Waals surface area contributed by atoms with Crippen molar-refractivity contribution in [2.24, 2.45) is 0 Å². The van der Waals surface area contributed by atoms with Crippen molar-refractivity contribution in [3.8, 4) is 28.8 Å². The third-order valence-electron chi connectivity index (χ3n) is 4.81. The highest BCUT2D eigenvalue weighted by molar-refractivity contribution is 7.14. The maximum Gasteiger partial charge on any atom is 0.227 e. The van der Waals surface area contributed by atoms with Crippen molar-refractivity contribution >= 4 is 34.0 Å². The Morgan fingerprint density at radius 3 is 2.55 bits per heavy atom. The summed E-state index contributed by atoms with van der Waals surface area (Å²) in [6, 6.07) is 16.6. The van der Waals surface area contributed by atoms with Gasteiger partial charge in [-0.05, 0) is 30.3 Å². The summed E-state index contributed by atoms with van der Waals surface area (Å²) in [4.78, 5) is 31.1. The van der Waals surface area contributed by atoms with Crippen LogP contribution in [0.3, 0.4) is 0 Å². The fourth-order valence-electron chi connectivity index (χ4n) is 3.16. The van der Waals surface area contributed by atoms with Gasteiger partial charge >= 0.3 is 0 Å². The zero-order valence-electron chi connectivity index (χ0n) is 18.4. The quantitative estimate of drug-likeness (QED) is 0.474. The largest absolute Gasteiger partial charge is 0.493 e. The first-order valence-corrected chi connectivity index (χ1v) is 11.1. The average Bonchev–Trinajstić information content (AvgIpc) is 3.31. The van der Waals surface area contributed by atoms with Crippen molar-refractivity contribution in [3.63, 3.8) is 0 Å². The lowest BCUT2D eigenvalue weighted by Gasteiger charge is -2.21. The molecule has 0 spiro atoms. The maximum atomic E-state index is 12.7. The van der Waals surface area contributed by atoms with Gasteiger partial charge in [-0.1, -0.05) is 18.2 Å². The Labute approximate surface area is 196 Å². The van der Waals surface area contributed by atoms with Gasteiger partial charge in [-0.15, -0.1) is 11.3 Å². The number of methoxy groups -OCH3 is 2. The first-order chi connectivity index (χ1) is 16.0. The number of thiazole rings is 1. The van der Waals surface area contributed by atoms with Gasteiger partial charge in [-0.25, -0.2) is 4.98 Å². The predicted octanol–water partition coefficient (Wildman–Crippen LogP) is 4.49. The molecule has 2 aromatic carbocycles. The first kappa shape index (κ1) is 23.8. The molecule has 0 saturated heterocycles. The molecule has 3 rings (SSSR count). The number of para-hydroxylation sites is 1. The topological polar surface area (TPSA) is 105 Å². The highest BCUT2D eigenvalue weighted by Crippen LogP contribution is 2.33. The van der Waals surface area contributed by atoms with E-state index >= 15 is 0 Å². The van der Waals surface area contributed by atoms with Gasteiger partial charge in [-0.2, -0.15) is 5.26 Å². The molecule has 0 fully saturated rings. The Balaban J connectivity index is 1.59. The Morgan fingerprint density at radius 2 is 1.85 bits per heavy atom. The molecule has 0 aliphatic rings. The van der Waals surface area contributed by atoms with Crippen molar-refractivity contribution in [2.45, 2.75) is 19.3 Å². The van der Waals surface area contributed by atoms with Gasteiger partial charge in [0.05, 0.1) is 32.4 Å². The van der Waals surface area contributed by atoms with E-state index in [0.717, 1.165) is 5.56 Å². The molecule has 0 aliphatic carbocycles. The van der Waals surface area contributed by atoms with Crippen molar-refractivity contribution in [1.82, 2.24) is 4.98 Å². The second-order valence-electron chi connectivity index (χ2n) is 6.94. The third kappa shape index (κ3) is 6.30. The molecule has 1 aromatic heterocycles. The molecule has 0 atom stereocenters. The van der Waals surface area contributed by atoms with E-state index < -0.39 is 0 Å². The van der Waals surface area contributed by atoms with Crippen LogP contribution in [-0.4, -0.2) is 37.6 Å². The molecule has 33 heavy (non-hydrogen) atoms. The SMILES string of the molecule is COc1ccc(-c2csc(NC(=O)CCC(=O)N(CCC#N)c3ccccc3)n2)cc1OC. The van der Waals surface area contributed by atoms with E-state index in [1.807, 2.05) is 35.7 Å². The summed E-state index contributed by atoms with van der Waals surface area (Å²) in [5, 5.41) is 13.9. The number of hydrogen-bond acceptors (Lipinski definition) is 7. The van der Waals surface area contributed by atoms with Gasteiger partial charge in [0, 0.05) is 36.0 Å². The zero-order chi connectivity index (χ0) is 23.6. The summed E-state index contributed by atoms with van der Waals surface area (Å²) in [6.45, 7) is 0.280. The number of nitrogens with zero attached hydrogens (tertiary/aromatic N) is 3. The Morgan fingerprint density at radius 1 is 1.09 bits per heavy atom. The number of benzene rings is 2. The molecule has 3 aromatic rings. The van der Waals surface area contributed by atoms with Crippen LogP contribution in [0.2, 0.25) is 0 Å². The molecule has 8 nitrogen and oxygen atoms in total. The summed E-state index contributed by atoms with van der Waals surface area (Å²) < 4.78 is 10.6. The summed E-state index contributed by atoms with van der Waals surface area (Å²) in [6.07, 6.45) is 0.255. The van der Waals surface area contributed by atoms with E-state index in [4.69, 9.17) is 14.7 Å². The van der Waals surface area contributed by atoms with Crippen LogP contribution in [0.5, 0.6) is 11.5 Å². The minimum Gasteiger partial charge on any atom is -0.493 e. The number of anilines is 2. The Kier molecular flexibility index (Phi) is 8.38. The van der Waals surface area contributed by atoms with Crippen LogP contribution in [0.25, 0.3) is 11.3 Å². The van der Waals surface area contributed by atoms with Crippen molar-refractivity contribution in [2.75, 3.05) is 31.0 Å². The van der Waals surface area contributed by atoms with E-state index in [1.165, 1.54) is 16.2 Å². The molecule has 0 aliphatic heterocycles. The molecule has 9 heteroatoms. The second kappa shape index (κ2) is 11.6. The van der Waals surface area contributed by atoms with Crippen LogP contribution in [0.1, 0.15) is 19.3 Å². The number of hydrogen-bond donors (Lipinski definition) is 1. The van der Waals surface area contributed by atoms with Gasteiger partial charge in [0.1, 0.15) is 0 Å². The lowest BCUT2D eigenvalue weighted by molar-refractivity contribution is -0.122. The molecule has 1 heterocycles. The summed E-state index contributed by atoms with van der Waals surface area (Å²) in [7, 11) is 3.14. The molecule has 170 valence electrons. The number of rotatable bonds is 10. The lowest BCUT2D eigenvalue weighted by Crippen LogP contribution is -2.32. The zero-order valence-corrected chi connectivity index (χ0v) is 19.2. The van der Waals surface area contributed by atoms with Crippen LogP contribution >= 0.6 is 11.3 Å². The standard InChI is InChI=1S/C24H24N4O4S/c1-31-20-10-9-17(15-21(20)32-2)19-16-33-24(26-19)27-22(29)11-12-23(30)28(14-6-13-25)18-7-4-3-5-8-18/h3-5,7-10,15-16H,6,11-12,14H2,1-2H3,(H,26,27,29). The van der Waals surface area contributed by atoms with Crippen LogP contribution in [0.4, 0.5) is 10.8 Å². The molecule has 0 radical (unpaired) electrons. The lowest BCUT2D eigenvalue weighted by atomic mass is 10.1. The number of carbonyl (C=O) groups is 2. The molecule has 0 saturated carbocycles. The molecular weight excluding hydrogens is 440 g/mol. The van der Waals surface area contributed by atoms with Crippen molar-refractivity contribution < 1.29 is 19.1 Å². The van der Waals surface area contributed by atoms with Crippen LogP contribution in [0, 0.1) is 11.3 Å².